The first-order chi connectivity index (χ1) is 2.77. The molecule has 0 aliphatic heterocycles. The fraction of sp³-hybridized carbons (Fsp3) is 0.250. The summed E-state index contributed by atoms with van der Waals surface area (Å²) in [5, 5.41) is 0. The van der Waals surface area contributed by atoms with E-state index >= 15 is 0 Å². The molecule has 2 radical (unpaired) electrons. The highest BCUT2D eigenvalue weighted by molar-refractivity contribution is 5.84. The molecule has 0 N–H and O–H groups in total. The van der Waals surface area contributed by atoms with E-state index in [-0.39, 0.29) is 0 Å². The quantitative estimate of drug-likeness (QED) is 0.416. The van der Waals surface area contributed by atoms with Crippen molar-refractivity contribution in [1.29, 1.82) is 0 Å². The highest BCUT2D eigenvalue weighted by Crippen LogP contribution is 1.64. The van der Waals surface area contributed by atoms with E-state index in [1.54, 1.807) is 6.92 Å². The summed E-state index contributed by atoms with van der Waals surface area (Å²) in [4.78, 5) is 9.51. The van der Waals surface area contributed by atoms with Crippen molar-refractivity contribution in [3.8, 4) is 0 Å². The van der Waals surface area contributed by atoms with Gasteiger partial charge in [0.05, 0.1) is 0 Å². The molecule has 6 heavy (non-hydrogen) atoms. The van der Waals surface area contributed by atoms with Crippen LogP contribution in [0.25, 0.3) is 0 Å². The summed E-state index contributed by atoms with van der Waals surface area (Å²) in [7, 11) is 0. The molecule has 0 spiro atoms. The lowest BCUT2D eigenvalue weighted by Gasteiger charge is -1.64. The van der Waals surface area contributed by atoms with Gasteiger partial charge in [-0.1, -0.05) is 6.08 Å². The SMILES string of the molecule is C/C=C\C([N])=O. The summed E-state index contributed by atoms with van der Waals surface area (Å²) in [5.74, 6) is -0.891. The number of nitrogens with zero attached hydrogens (tertiary/aromatic N) is 1. The monoisotopic (exact) mass is 83.0 g/mol. The predicted molar refractivity (Wildman–Crippen MR) is 22.0 cm³/mol. The van der Waals surface area contributed by atoms with E-state index in [1.807, 2.05) is 0 Å². The number of carbonyl (C=O) groups is 1. The molecule has 0 aliphatic carbocycles. The topological polar surface area (TPSA) is 39.4 Å². The van der Waals surface area contributed by atoms with Gasteiger partial charge >= 0.3 is 0 Å². The van der Waals surface area contributed by atoms with Crippen molar-refractivity contribution >= 4 is 5.91 Å². The first-order valence-electron chi connectivity index (χ1n) is 1.63. The van der Waals surface area contributed by atoms with Crippen LogP contribution in [-0.4, -0.2) is 5.91 Å². The molecule has 0 saturated heterocycles. The molecular weight excluding hydrogens is 78.0 g/mol. The summed E-state index contributed by atoms with van der Waals surface area (Å²) in [5.41, 5.74) is 7.83. The van der Waals surface area contributed by atoms with Crippen molar-refractivity contribution in [2.45, 2.75) is 6.92 Å². The third-order valence-electron chi connectivity index (χ3n) is 0.309. The van der Waals surface area contributed by atoms with Gasteiger partial charge < -0.3 is 0 Å². The van der Waals surface area contributed by atoms with Gasteiger partial charge in [0, 0.05) is 6.08 Å². The lowest BCUT2D eigenvalue weighted by Crippen LogP contribution is -1.87. The van der Waals surface area contributed by atoms with Crippen LogP contribution >= 0.6 is 0 Å². The fourth-order valence-electron chi connectivity index (χ4n) is 0.143. The highest BCUT2D eigenvalue weighted by atomic mass is 16.1. The molecule has 0 bridgehead atoms. The maximum Gasteiger partial charge on any atom is 0.288 e. The second kappa shape index (κ2) is 2.45. The van der Waals surface area contributed by atoms with E-state index in [4.69, 9.17) is 5.73 Å². The Bertz CT molecular complexity index is 75.6. The smallest absolute Gasteiger partial charge is 0.266 e. The average Bonchev–Trinajstić information content (AvgIpc) is 1.35. The van der Waals surface area contributed by atoms with Crippen molar-refractivity contribution in [3.05, 3.63) is 12.2 Å². The van der Waals surface area contributed by atoms with Crippen molar-refractivity contribution < 1.29 is 4.79 Å². The van der Waals surface area contributed by atoms with Gasteiger partial charge in [-0.15, -0.1) is 5.73 Å². The maximum atomic E-state index is 9.51. The molecule has 0 aromatic heterocycles. The molecule has 0 saturated carbocycles. The number of rotatable bonds is 1. The highest BCUT2D eigenvalue weighted by Gasteiger charge is 1.78. The Morgan fingerprint density at radius 1 is 1.83 bits per heavy atom. The Balaban J connectivity index is 3.30. The Hall–Kier alpha value is -0.790. The van der Waals surface area contributed by atoms with Gasteiger partial charge in [-0.05, 0) is 6.92 Å². The molecule has 0 fully saturated rings. The van der Waals surface area contributed by atoms with Crippen LogP contribution in [0.5, 0.6) is 0 Å². The van der Waals surface area contributed by atoms with E-state index in [0.29, 0.717) is 0 Å². The standard InChI is InChI=1S/C4H5NO/c1-2-3-4(5)6/h2-3H,1H3/b3-2-. The van der Waals surface area contributed by atoms with E-state index in [9.17, 15) is 4.79 Å². The normalized spacial score (nSPS) is 9.50. The Morgan fingerprint density at radius 2 is 2.33 bits per heavy atom. The summed E-state index contributed by atoms with van der Waals surface area (Å²) in [6.07, 6.45) is 2.56. The molecule has 2 heteroatoms. The molecule has 2 nitrogen and oxygen atoms in total. The summed E-state index contributed by atoms with van der Waals surface area (Å²) >= 11 is 0. The average molecular weight is 83.1 g/mol. The van der Waals surface area contributed by atoms with Crippen LogP contribution in [0, 0.1) is 0 Å². The molecule has 1 amide bonds. The molecule has 0 unspecified atom stereocenters. The van der Waals surface area contributed by atoms with Crippen molar-refractivity contribution in [2.24, 2.45) is 0 Å². The summed E-state index contributed by atoms with van der Waals surface area (Å²) in [6.45, 7) is 1.66. The number of amides is 1. The van der Waals surface area contributed by atoms with Gasteiger partial charge in [0.2, 0.25) is 0 Å². The Labute approximate surface area is 36.6 Å². The van der Waals surface area contributed by atoms with Gasteiger partial charge in [-0.25, -0.2) is 0 Å². The van der Waals surface area contributed by atoms with Gasteiger partial charge in [-0.3, -0.25) is 4.79 Å². The van der Waals surface area contributed by atoms with Crippen LogP contribution in [0.4, 0.5) is 0 Å². The van der Waals surface area contributed by atoms with Gasteiger partial charge in [0.25, 0.3) is 5.91 Å². The molecule has 32 valence electrons. The molecule has 0 heterocycles. The summed E-state index contributed by atoms with van der Waals surface area (Å²) < 4.78 is 0. The fourth-order valence-corrected chi connectivity index (χ4v) is 0.143. The number of hydrogen-bond acceptors (Lipinski definition) is 1. The third kappa shape index (κ3) is 3.21. The van der Waals surface area contributed by atoms with Crippen LogP contribution in [0.3, 0.4) is 0 Å². The molecular formula is C4H5NO. The molecule has 0 atom stereocenters. The minimum Gasteiger partial charge on any atom is -0.266 e. The number of carbonyl (C=O) groups excluding carboxylic acids is 1. The van der Waals surface area contributed by atoms with Crippen molar-refractivity contribution in [1.82, 2.24) is 5.73 Å². The second-order valence-corrected chi connectivity index (χ2v) is 0.838. The van der Waals surface area contributed by atoms with Crippen LogP contribution < -0.4 is 5.73 Å². The lowest BCUT2D eigenvalue weighted by molar-refractivity contribution is -0.114. The van der Waals surface area contributed by atoms with E-state index in [2.05, 4.69) is 0 Å². The van der Waals surface area contributed by atoms with Gasteiger partial charge in [0.1, 0.15) is 0 Å². The molecule has 0 aromatic carbocycles. The first kappa shape index (κ1) is 5.21. The molecule has 0 rings (SSSR count). The molecule has 0 aliphatic rings. The Morgan fingerprint density at radius 3 is 2.33 bits per heavy atom. The predicted octanol–water partition coefficient (Wildman–Crippen LogP) is 0.158. The van der Waals surface area contributed by atoms with Gasteiger partial charge in [-0.2, -0.15) is 0 Å². The van der Waals surface area contributed by atoms with Crippen LogP contribution in [0.1, 0.15) is 6.92 Å². The zero-order chi connectivity index (χ0) is 4.99. The minimum absolute atomic E-state index is 0.891. The first-order valence-corrected chi connectivity index (χ1v) is 1.63. The largest absolute Gasteiger partial charge is 0.288 e. The summed E-state index contributed by atoms with van der Waals surface area (Å²) in [6, 6.07) is 0. The Kier molecular flexibility index (Phi) is 2.13. The second-order valence-electron chi connectivity index (χ2n) is 0.838. The number of allylic oxidation sites excluding steroid dienone is 1. The lowest BCUT2D eigenvalue weighted by atomic mass is 10.5. The van der Waals surface area contributed by atoms with Crippen LogP contribution in [-0.2, 0) is 4.79 Å². The van der Waals surface area contributed by atoms with E-state index in [0.717, 1.165) is 6.08 Å². The molecule has 0 aromatic rings. The number of hydrogen-bond donors (Lipinski definition) is 0. The van der Waals surface area contributed by atoms with Crippen molar-refractivity contribution in [3.63, 3.8) is 0 Å². The minimum atomic E-state index is -0.891. The van der Waals surface area contributed by atoms with E-state index in [1.165, 1.54) is 6.08 Å². The zero-order valence-electron chi connectivity index (χ0n) is 3.51. The zero-order valence-corrected chi connectivity index (χ0v) is 3.51. The van der Waals surface area contributed by atoms with Crippen molar-refractivity contribution in [2.75, 3.05) is 0 Å². The van der Waals surface area contributed by atoms with Gasteiger partial charge in [0.15, 0.2) is 0 Å². The van der Waals surface area contributed by atoms with Crippen LogP contribution in [0.15, 0.2) is 12.2 Å². The third-order valence-corrected chi connectivity index (χ3v) is 0.309. The van der Waals surface area contributed by atoms with Crippen LogP contribution in [0.2, 0.25) is 0 Å². The van der Waals surface area contributed by atoms with E-state index < -0.39 is 5.91 Å². The maximum absolute atomic E-state index is 9.51.